The maximum absolute atomic E-state index is 12.7. The van der Waals surface area contributed by atoms with E-state index in [0.717, 1.165) is 5.56 Å². The molecule has 0 aliphatic rings. The van der Waals surface area contributed by atoms with Gasteiger partial charge in [0.1, 0.15) is 5.82 Å². The van der Waals surface area contributed by atoms with Crippen LogP contribution in [-0.4, -0.2) is 17.3 Å². The Balaban J connectivity index is 1.74. The van der Waals surface area contributed by atoms with E-state index in [0.29, 0.717) is 25.1 Å². The molecule has 98 valence electrons. The molecule has 0 saturated carbocycles. The van der Waals surface area contributed by atoms with Crippen LogP contribution in [0.15, 0.2) is 48.8 Å². The summed E-state index contributed by atoms with van der Waals surface area (Å²) < 4.78 is 12.7. The lowest BCUT2D eigenvalue weighted by Gasteiger charge is -2.04. The average molecular weight is 258 g/mol. The van der Waals surface area contributed by atoms with Gasteiger partial charge in [0.05, 0.1) is 0 Å². The van der Waals surface area contributed by atoms with Gasteiger partial charge >= 0.3 is 0 Å². The molecular formula is C15H15FN2O. The second-order valence-corrected chi connectivity index (χ2v) is 4.21. The fourth-order valence-corrected chi connectivity index (χ4v) is 1.72. The fourth-order valence-electron chi connectivity index (χ4n) is 1.72. The van der Waals surface area contributed by atoms with E-state index in [1.165, 1.54) is 24.3 Å². The van der Waals surface area contributed by atoms with Gasteiger partial charge in [-0.1, -0.05) is 0 Å². The van der Waals surface area contributed by atoms with Gasteiger partial charge in [-0.05, 0) is 42.0 Å². The molecule has 0 aliphatic carbocycles. The molecule has 2 rings (SSSR count). The number of pyridine rings is 1. The van der Waals surface area contributed by atoms with Gasteiger partial charge in [-0.2, -0.15) is 0 Å². The van der Waals surface area contributed by atoms with Crippen molar-refractivity contribution in [1.29, 1.82) is 0 Å². The van der Waals surface area contributed by atoms with Gasteiger partial charge in [-0.25, -0.2) is 4.39 Å². The van der Waals surface area contributed by atoms with Crippen molar-refractivity contribution < 1.29 is 9.18 Å². The van der Waals surface area contributed by atoms with Crippen molar-refractivity contribution in [3.8, 4) is 0 Å². The zero-order valence-electron chi connectivity index (χ0n) is 10.5. The number of hydrogen-bond donors (Lipinski definition) is 1. The minimum Gasteiger partial charge on any atom is -0.312 e. The molecule has 0 spiro atoms. The number of carbonyl (C=O) groups is 1. The molecule has 19 heavy (non-hydrogen) atoms. The van der Waals surface area contributed by atoms with Crippen LogP contribution in [0.2, 0.25) is 0 Å². The first kappa shape index (κ1) is 13.4. The van der Waals surface area contributed by atoms with Crippen LogP contribution in [0.25, 0.3) is 0 Å². The highest BCUT2D eigenvalue weighted by Gasteiger charge is 2.05. The predicted octanol–water partition coefficient (Wildman–Crippen LogP) is 2.58. The molecule has 1 heterocycles. The SMILES string of the molecule is O=C(CCNCc1ccncc1)c1ccc(F)cc1. The van der Waals surface area contributed by atoms with E-state index in [-0.39, 0.29) is 11.6 Å². The lowest BCUT2D eigenvalue weighted by atomic mass is 10.1. The lowest BCUT2D eigenvalue weighted by Crippen LogP contribution is -2.17. The predicted molar refractivity (Wildman–Crippen MR) is 71.3 cm³/mol. The molecule has 0 aliphatic heterocycles. The first-order valence-corrected chi connectivity index (χ1v) is 6.14. The van der Waals surface area contributed by atoms with E-state index >= 15 is 0 Å². The second-order valence-electron chi connectivity index (χ2n) is 4.21. The third-order valence-electron chi connectivity index (χ3n) is 2.77. The average Bonchev–Trinajstić information content (AvgIpc) is 2.45. The molecule has 1 N–H and O–H groups in total. The molecule has 0 atom stereocenters. The zero-order valence-corrected chi connectivity index (χ0v) is 10.5. The number of ketones is 1. The van der Waals surface area contributed by atoms with E-state index in [1.807, 2.05) is 12.1 Å². The van der Waals surface area contributed by atoms with Crippen LogP contribution in [0.3, 0.4) is 0 Å². The van der Waals surface area contributed by atoms with E-state index in [1.54, 1.807) is 12.4 Å². The van der Waals surface area contributed by atoms with Crippen molar-refractivity contribution in [2.45, 2.75) is 13.0 Å². The molecule has 0 radical (unpaired) electrons. The van der Waals surface area contributed by atoms with Crippen molar-refractivity contribution >= 4 is 5.78 Å². The van der Waals surface area contributed by atoms with Crippen LogP contribution in [0.4, 0.5) is 4.39 Å². The van der Waals surface area contributed by atoms with Crippen LogP contribution in [-0.2, 0) is 6.54 Å². The summed E-state index contributed by atoms with van der Waals surface area (Å²) in [4.78, 5) is 15.7. The lowest BCUT2D eigenvalue weighted by molar-refractivity contribution is 0.0982. The van der Waals surface area contributed by atoms with Gasteiger partial charge in [0, 0.05) is 37.5 Å². The van der Waals surface area contributed by atoms with Gasteiger partial charge < -0.3 is 5.32 Å². The maximum atomic E-state index is 12.7. The van der Waals surface area contributed by atoms with Crippen molar-refractivity contribution in [3.63, 3.8) is 0 Å². The largest absolute Gasteiger partial charge is 0.312 e. The summed E-state index contributed by atoms with van der Waals surface area (Å²) in [5.41, 5.74) is 1.68. The van der Waals surface area contributed by atoms with E-state index in [2.05, 4.69) is 10.3 Å². The van der Waals surface area contributed by atoms with Crippen LogP contribution >= 0.6 is 0 Å². The van der Waals surface area contributed by atoms with Gasteiger partial charge in [0.2, 0.25) is 0 Å². The Morgan fingerprint density at radius 1 is 1.11 bits per heavy atom. The number of hydrogen-bond acceptors (Lipinski definition) is 3. The van der Waals surface area contributed by atoms with E-state index in [4.69, 9.17) is 0 Å². The Morgan fingerprint density at radius 3 is 2.47 bits per heavy atom. The maximum Gasteiger partial charge on any atom is 0.164 e. The molecule has 1 aromatic carbocycles. The number of Topliss-reactive ketones (excluding diaryl/α,β-unsaturated/α-hetero) is 1. The highest BCUT2D eigenvalue weighted by molar-refractivity contribution is 5.96. The smallest absolute Gasteiger partial charge is 0.164 e. The van der Waals surface area contributed by atoms with Gasteiger partial charge in [-0.3, -0.25) is 9.78 Å². The Labute approximate surface area is 111 Å². The summed E-state index contributed by atoms with van der Waals surface area (Å²) in [5, 5.41) is 3.19. The minimum absolute atomic E-state index is 0.0160. The number of aromatic nitrogens is 1. The molecule has 0 amide bonds. The summed E-state index contributed by atoms with van der Waals surface area (Å²) in [6.45, 7) is 1.30. The number of carbonyl (C=O) groups excluding carboxylic acids is 1. The Hall–Kier alpha value is -2.07. The summed E-state index contributed by atoms with van der Waals surface area (Å²) in [5.74, 6) is -0.311. The molecular weight excluding hydrogens is 243 g/mol. The zero-order chi connectivity index (χ0) is 13.5. The molecule has 0 bridgehead atoms. The second kappa shape index (κ2) is 6.75. The van der Waals surface area contributed by atoms with Crippen LogP contribution in [0.1, 0.15) is 22.3 Å². The summed E-state index contributed by atoms with van der Waals surface area (Å²) >= 11 is 0. The number of rotatable bonds is 6. The van der Waals surface area contributed by atoms with E-state index in [9.17, 15) is 9.18 Å². The van der Waals surface area contributed by atoms with Crippen molar-refractivity contribution in [2.75, 3.05) is 6.54 Å². The minimum atomic E-state index is -0.327. The third kappa shape index (κ3) is 4.26. The van der Waals surface area contributed by atoms with Gasteiger partial charge in [0.15, 0.2) is 5.78 Å². The summed E-state index contributed by atoms with van der Waals surface area (Å²) in [6.07, 6.45) is 3.87. The first-order valence-electron chi connectivity index (χ1n) is 6.14. The van der Waals surface area contributed by atoms with Crippen LogP contribution < -0.4 is 5.32 Å². The highest BCUT2D eigenvalue weighted by atomic mass is 19.1. The Kier molecular flexibility index (Phi) is 4.75. The fraction of sp³-hybridized carbons (Fsp3) is 0.200. The van der Waals surface area contributed by atoms with Gasteiger partial charge in [0.25, 0.3) is 0 Å². The van der Waals surface area contributed by atoms with E-state index < -0.39 is 0 Å². The molecule has 0 unspecified atom stereocenters. The first-order chi connectivity index (χ1) is 9.25. The monoisotopic (exact) mass is 258 g/mol. The Bertz CT molecular complexity index is 526. The molecule has 0 saturated heterocycles. The standard InChI is InChI=1S/C15H15FN2O/c16-14-3-1-13(2-4-14)15(19)7-10-18-11-12-5-8-17-9-6-12/h1-6,8-9,18H,7,10-11H2. The number of benzene rings is 1. The summed E-state index contributed by atoms with van der Waals surface area (Å²) in [6, 6.07) is 9.49. The van der Waals surface area contributed by atoms with Crippen molar-refractivity contribution in [1.82, 2.24) is 10.3 Å². The highest BCUT2D eigenvalue weighted by Crippen LogP contribution is 2.05. The number of nitrogens with zero attached hydrogens (tertiary/aromatic N) is 1. The molecule has 1 aromatic heterocycles. The third-order valence-corrected chi connectivity index (χ3v) is 2.77. The normalized spacial score (nSPS) is 10.4. The van der Waals surface area contributed by atoms with Gasteiger partial charge in [-0.15, -0.1) is 0 Å². The summed E-state index contributed by atoms with van der Waals surface area (Å²) in [7, 11) is 0. The number of halogens is 1. The molecule has 4 heteroatoms. The Morgan fingerprint density at radius 2 is 1.79 bits per heavy atom. The number of nitrogens with one attached hydrogen (secondary N) is 1. The van der Waals surface area contributed by atoms with Crippen molar-refractivity contribution in [3.05, 3.63) is 65.7 Å². The molecule has 3 nitrogen and oxygen atoms in total. The molecule has 0 fully saturated rings. The topological polar surface area (TPSA) is 42.0 Å². The van der Waals surface area contributed by atoms with Crippen LogP contribution in [0, 0.1) is 5.82 Å². The molecule has 2 aromatic rings. The van der Waals surface area contributed by atoms with Crippen LogP contribution in [0.5, 0.6) is 0 Å². The van der Waals surface area contributed by atoms with Crippen molar-refractivity contribution in [2.24, 2.45) is 0 Å². The quantitative estimate of drug-likeness (QED) is 0.639.